The van der Waals surface area contributed by atoms with E-state index in [-0.39, 0.29) is 5.75 Å². The van der Waals surface area contributed by atoms with Gasteiger partial charge in [-0.1, -0.05) is 25.1 Å². The Morgan fingerprint density at radius 3 is 2.00 bits per heavy atom. The molecule has 0 spiro atoms. The first-order valence-corrected chi connectivity index (χ1v) is 13.1. The number of hydrogen-bond acceptors (Lipinski definition) is 4. The summed E-state index contributed by atoms with van der Waals surface area (Å²) in [5, 5.41) is 0. The molecule has 40 heavy (non-hydrogen) atoms. The van der Waals surface area contributed by atoms with E-state index in [2.05, 4.69) is 17.9 Å². The third-order valence-corrected chi connectivity index (χ3v) is 6.88. The van der Waals surface area contributed by atoms with E-state index in [1.54, 1.807) is 33.9 Å². The summed E-state index contributed by atoms with van der Waals surface area (Å²) in [6.07, 6.45) is -5.82. The van der Waals surface area contributed by atoms with Gasteiger partial charge in [-0.15, -0.1) is 0 Å². The van der Waals surface area contributed by atoms with Crippen molar-refractivity contribution in [2.45, 2.75) is 53.0 Å². The van der Waals surface area contributed by atoms with Crippen LogP contribution in [0.2, 0.25) is 0 Å². The monoisotopic (exact) mass is 574 g/mol. The summed E-state index contributed by atoms with van der Waals surface area (Å²) in [7, 11) is 4.68. The maximum Gasteiger partial charge on any atom is 0.419 e. The quantitative estimate of drug-likeness (QED) is 0.304. The van der Waals surface area contributed by atoms with Gasteiger partial charge in [0.15, 0.2) is 0 Å². The number of hydrogen-bond donors (Lipinski definition) is 0. The van der Waals surface area contributed by atoms with E-state index in [1.807, 2.05) is 18.0 Å². The maximum absolute atomic E-state index is 13.1. The number of alkyl halides is 6. The Balaban J connectivity index is 0.000000280. The van der Waals surface area contributed by atoms with E-state index < -0.39 is 23.5 Å². The Bertz CT molecular complexity index is 1160. The molecule has 1 aliphatic rings. The molecule has 0 saturated heterocycles. The second kappa shape index (κ2) is 14.4. The highest BCUT2D eigenvalue weighted by Crippen LogP contribution is 2.39. The molecule has 4 nitrogen and oxygen atoms in total. The van der Waals surface area contributed by atoms with Gasteiger partial charge in [0.2, 0.25) is 0 Å². The third-order valence-electron chi connectivity index (χ3n) is 6.88. The molecule has 0 radical (unpaired) electrons. The third kappa shape index (κ3) is 9.24. The summed E-state index contributed by atoms with van der Waals surface area (Å²) in [6.45, 7) is 11.3. The van der Waals surface area contributed by atoms with E-state index in [9.17, 15) is 26.3 Å². The van der Waals surface area contributed by atoms with E-state index >= 15 is 0 Å². The molecule has 0 bridgehead atoms. The smallest absolute Gasteiger partial charge is 0.419 e. The lowest BCUT2D eigenvalue weighted by atomic mass is 9.90. The molecule has 0 fully saturated rings. The average molecular weight is 575 g/mol. The molecule has 2 aromatic carbocycles. The number of likely N-dealkylation sites (N-methyl/N-ethyl adjacent to an activating group) is 2. The molecule has 0 unspecified atom stereocenters. The molecule has 0 N–H and O–H groups in total. The van der Waals surface area contributed by atoms with E-state index in [0.29, 0.717) is 42.0 Å². The van der Waals surface area contributed by atoms with Crippen molar-refractivity contribution < 1.29 is 35.8 Å². The van der Waals surface area contributed by atoms with Gasteiger partial charge in [0.25, 0.3) is 0 Å². The summed E-state index contributed by atoms with van der Waals surface area (Å²) in [4.78, 5) is 4.17. The summed E-state index contributed by atoms with van der Waals surface area (Å²) in [6, 6.07) is 5.94. The van der Waals surface area contributed by atoms with Crippen molar-refractivity contribution in [3.63, 3.8) is 0 Å². The van der Waals surface area contributed by atoms with Crippen LogP contribution in [0, 0.1) is 20.8 Å². The molecule has 2 aromatic rings. The minimum Gasteiger partial charge on any atom is -0.496 e. The van der Waals surface area contributed by atoms with Gasteiger partial charge in [-0.2, -0.15) is 26.3 Å². The van der Waals surface area contributed by atoms with Gasteiger partial charge in [-0.05, 0) is 80.7 Å². The zero-order chi connectivity index (χ0) is 30.3. The van der Waals surface area contributed by atoms with Gasteiger partial charge in [0, 0.05) is 38.9 Å². The summed E-state index contributed by atoms with van der Waals surface area (Å²) in [5.74, 6) is -0.104. The largest absolute Gasteiger partial charge is 0.496 e. The van der Waals surface area contributed by atoms with Gasteiger partial charge < -0.3 is 9.47 Å². The molecule has 1 aliphatic heterocycles. The molecule has 224 valence electrons. The molecular weight excluding hydrogens is 534 g/mol. The van der Waals surface area contributed by atoms with Crippen molar-refractivity contribution in [1.82, 2.24) is 9.80 Å². The number of ether oxygens (including phenoxy) is 2. The molecule has 1 heterocycles. The second-order valence-electron chi connectivity index (χ2n) is 10.1. The zero-order valence-electron chi connectivity index (χ0n) is 24.3. The van der Waals surface area contributed by atoms with Crippen LogP contribution in [0.25, 0.3) is 5.57 Å². The van der Waals surface area contributed by atoms with E-state index in [0.717, 1.165) is 43.3 Å². The number of rotatable bonds is 8. The Morgan fingerprint density at radius 2 is 1.50 bits per heavy atom. The number of benzene rings is 2. The first-order valence-electron chi connectivity index (χ1n) is 13.1. The average Bonchev–Trinajstić information content (AvgIpc) is 2.87. The lowest BCUT2D eigenvalue weighted by molar-refractivity contribution is -0.139. The maximum atomic E-state index is 13.1. The lowest BCUT2D eigenvalue weighted by Crippen LogP contribution is -2.28. The predicted octanol–water partition coefficient (Wildman–Crippen LogP) is 7.53. The van der Waals surface area contributed by atoms with Crippen LogP contribution in [0.15, 0.2) is 30.3 Å². The summed E-state index contributed by atoms with van der Waals surface area (Å²) >= 11 is 0. The Morgan fingerprint density at radius 1 is 0.900 bits per heavy atom. The molecular formula is C30H40F6N2O2. The van der Waals surface area contributed by atoms with Crippen LogP contribution >= 0.6 is 0 Å². The minimum atomic E-state index is -4.42. The Kier molecular flexibility index (Phi) is 12.1. The highest BCUT2D eigenvalue weighted by Gasteiger charge is 2.36. The van der Waals surface area contributed by atoms with Crippen molar-refractivity contribution in [3.05, 3.63) is 69.3 Å². The van der Waals surface area contributed by atoms with Crippen LogP contribution in [0.4, 0.5) is 26.3 Å². The number of nitrogens with zero attached hydrogens (tertiary/aromatic N) is 2. The fourth-order valence-corrected chi connectivity index (χ4v) is 4.76. The van der Waals surface area contributed by atoms with E-state index in [1.165, 1.54) is 13.2 Å². The molecule has 0 amide bonds. The fraction of sp³-hybridized carbons (Fsp3) is 0.533. The van der Waals surface area contributed by atoms with Crippen LogP contribution in [0.1, 0.15) is 52.3 Å². The predicted molar refractivity (Wildman–Crippen MR) is 147 cm³/mol. The Labute approximate surface area is 233 Å². The standard InChI is InChI=1S/C16H20F3N.C14H20F3NO2/c1-4-20-7-5-13(6-8-20)14-9-11(2)10-15(12(14)3)16(17,18)19;1-10-7-11(9-18(2)5-6-19-3)13(20-4)12(8-10)14(15,16)17/h5,9-10H,4,6-8H2,1-3H3;7-8H,5-6,9H2,1-4H3. The lowest BCUT2D eigenvalue weighted by Gasteiger charge is -2.26. The van der Waals surface area contributed by atoms with Crippen LogP contribution in [0.3, 0.4) is 0 Å². The van der Waals surface area contributed by atoms with Gasteiger partial charge in [-0.3, -0.25) is 9.80 Å². The highest BCUT2D eigenvalue weighted by atomic mass is 19.4. The first kappa shape index (κ1) is 33.6. The van der Waals surface area contributed by atoms with Gasteiger partial charge in [0.1, 0.15) is 5.75 Å². The van der Waals surface area contributed by atoms with Crippen molar-refractivity contribution in [3.8, 4) is 5.75 Å². The molecule has 0 aliphatic carbocycles. The fourth-order valence-electron chi connectivity index (χ4n) is 4.76. The molecule has 0 aromatic heterocycles. The Hall–Kier alpha value is -2.56. The zero-order valence-corrected chi connectivity index (χ0v) is 24.3. The first-order chi connectivity index (χ1) is 18.6. The minimum absolute atomic E-state index is 0.104. The molecule has 3 rings (SSSR count). The summed E-state index contributed by atoms with van der Waals surface area (Å²) < 4.78 is 88.2. The van der Waals surface area contributed by atoms with Gasteiger partial charge in [0.05, 0.1) is 24.8 Å². The van der Waals surface area contributed by atoms with Crippen molar-refractivity contribution in [1.29, 1.82) is 0 Å². The van der Waals surface area contributed by atoms with Crippen molar-refractivity contribution in [2.75, 3.05) is 54.1 Å². The SMILES string of the molecule is CCN1CC=C(c2cc(C)cc(C(F)(F)F)c2C)CC1.COCCN(C)Cc1cc(C)cc(C(F)(F)F)c1OC. The number of methoxy groups -OCH3 is 2. The molecule has 10 heteroatoms. The normalized spacial score (nSPS) is 14.6. The van der Waals surface area contributed by atoms with Crippen molar-refractivity contribution in [2.24, 2.45) is 0 Å². The molecule has 0 atom stereocenters. The van der Waals surface area contributed by atoms with Crippen LogP contribution < -0.4 is 4.74 Å². The highest BCUT2D eigenvalue weighted by molar-refractivity contribution is 5.71. The number of halogens is 6. The molecule has 0 saturated carbocycles. The second-order valence-corrected chi connectivity index (χ2v) is 10.1. The topological polar surface area (TPSA) is 24.9 Å². The van der Waals surface area contributed by atoms with E-state index in [4.69, 9.17) is 9.47 Å². The van der Waals surface area contributed by atoms with Crippen LogP contribution in [-0.2, 0) is 23.6 Å². The van der Waals surface area contributed by atoms with Crippen LogP contribution in [0.5, 0.6) is 5.75 Å². The van der Waals surface area contributed by atoms with Crippen LogP contribution in [-0.4, -0.2) is 63.9 Å². The van der Waals surface area contributed by atoms with Gasteiger partial charge in [-0.25, -0.2) is 0 Å². The van der Waals surface area contributed by atoms with Gasteiger partial charge >= 0.3 is 12.4 Å². The summed E-state index contributed by atoms with van der Waals surface area (Å²) in [5.41, 5.74) is 2.67. The van der Waals surface area contributed by atoms with Crippen molar-refractivity contribution >= 4 is 5.57 Å². The number of aryl methyl sites for hydroxylation is 2.